The van der Waals surface area contributed by atoms with E-state index in [0.717, 1.165) is 37.8 Å². The van der Waals surface area contributed by atoms with Gasteiger partial charge in [0, 0.05) is 56.3 Å². The van der Waals surface area contributed by atoms with Gasteiger partial charge in [0.15, 0.2) is 5.96 Å². The first-order valence-corrected chi connectivity index (χ1v) is 10.6. The van der Waals surface area contributed by atoms with E-state index in [2.05, 4.69) is 48.2 Å². The summed E-state index contributed by atoms with van der Waals surface area (Å²) in [5.41, 5.74) is 0. The fraction of sp³-hybridized carbons (Fsp3) is 0.789. The normalized spacial score (nSPS) is 17.2. The molecule has 25 heavy (non-hydrogen) atoms. The fourth-order valence-electron chi connectivity index (χ4n) is 3.18. The summed E-state index contributed by atoms with van der Waals surface area (Å²) >= 11 is 1.81. The maximum Gasteiger partial charge on any atom is 0.191 e. The zero-order valence-corrected chi connectivity index (χ0v) is 17.2. The Kier molecular flexibility index (Phi) is 8.68. The highest BCUT2D eigenvalue weighted by Crippen LogP contribution is 2.14. The van der Waals surface area contributed by atoms with Gasteiger partial charge in [-0.1, -0.05) is 20.8 Å². The molecule has 0 saturated carbocycles. The molecule has 2 heterocycles. The van der Waals surface area contributed by atoms with Crippen LogP contribution in [0.4, 0.5) is 0 Å². The quantitative estimate of drug-likeness (QED) is 0.549. The van der Waals surface area contributed by atoms with Crippen molar-refractivity contribution < 1.29 is 0 Å². The highest BCUT2D eigenvalue weighted by Gasteiger charge is 2.20. The van der Waals surface area contributed by atoms with E-state index in [-0.39, 0.29) is 0 Å². The topological polar surface area (TPSA) is 52.6 Å². The van der Waals surface area contributed by atoms with E-state index in [1.807, 2.05) is 17.5 Å². The van der Waals surface area contributed by atoms with Gasteiger partial charge in [0.2, 0.25) is 0 Å². The van der Waals surface area contributed by atoms with Crippen molar-refractivity contribution in [2.24, 2.45) is 10.9 Å². The van der Waals surface area contributed by atoms with Gasteiger partial charge in [0.25, 0.3) is 0 Å². The molecule has 6 heteroatoms. The molecule has 1 fully saturated rings. The van der Waals surface area contributed by atoms with Crippen LogP contribution in [0, 0.1) is 5.92 Å². The number of aliphatic imine (C=N–C) groups is 1. The van der Waals surface area contributed by atoms with Crippen LogP contribution in [0.5, 0.6) is 0 Å². The van der Waals surface area contributed by atoms with Crippen molar-refractivity contribution in [1.82, 2.24) is 20.5 Å². The molecule has 1 aromatic heterocycles. The number of hydrogen-bond donors (Lipinski definition) is 2. The van der Waals surface area contributed by atoms with Crippen molar-refractivity contribution in [2.75, 3.05) is 32.7 Å². The molecule has 0 spiro atoms. The van der Waals surface area contributed by atoms with Crippen molar-refractivity contribution in [3.05, 3.63) is 16.1 Å². The minimum atomic E-state index is 0.535. The van der Waals surface area contributed by atoms with E-state index in [9.17, 15) is 0 Å². The third kappa shape index (κ3) is 7.32. The molecule has 1 aliphatic rings. The summed E-state index contributed by atoms with van der Waals surface area (Å²) < 4.78 is 0. The standard InChI is InChI=1S/C19H35N5S/c1-5-17-13-22-18(25-17)7-10-21-19(20-6-2)23-16-8-11-24(12-9-16)14-15(3)4/h13,15-16H,5-12,14H2,1-4H3,(H2,20,21,23). The third-order valence-corrected chi connectivity index (χ3v) is 5.64. The van der Waals surface area contributed by atoms with E-state index < -0.39 is 0 Å². The van der Waals surface area contributed by atoms with Gasteiger partial charge in [0.05, 0.1) is 5.01 Å². The van der Waals surface area contributed by atoms with Crippen LogP contribution >= 0.6 is 11.3 Å². The van der Waals surface area contributed by atoms with Gasteiger partial charge in [-0.15, -0.1) is 11.3 Å². The van der Waals surface area contributed by atoms with Crippen molar-refractivity contribution in [3.63, 3.8) is 0 Å². The lowest BCUT2D eigenvalue weighted by Crippen LogP contribution is -2.49. The average molecular weight is 366 g/mol. The van der Waals surface area contributed by atoms with Crippen LogP contribution in [0.15, 0.2) is 11.2 Å². The molecule has 2 N–H and O–H groups in total. The number of rotatable bonds is 8. The Hall–Kier alpha value is -1.14. The Morgan fingerprint density at radius 2 is 2.12 bits per heavy atom. The molecule has 0 atom stereocenters. The number of nitrogens with one attached hydrogen (secondary N) is 2. The highest BCUT2D eigenvalue weighted by molar-refractivity contribution is 7.11. The average Bonchev–Trinajstić information content (AvgIpc) is 3.04. The van der Waals surface area contributed by atoms with Gasteiger partial charge < -0.3 is 15.5 Å². The smallest absolute Gasteiger partial charge is 0.191 e. The van der Waals surface area contributed by atoms with Crippen LogP contribution in [0.1, 0.15) is 50.4 Å². The van der Waals surface area contributed by atoms with Crippen LogP contribution < -0.4 is 10.6 Å². The molecule has 2 rings (SSSR count). The molecule has 1 aliphatic heterocycles. The number of hydrogen-bond acceptors (Lipinski definition) is 4. The zero-order valence-electron chi connectivity index (χ0n) is 16.3. The Morgan fingerprint density at radius 1 is 1.36 bits per heavy atom. The van der Waals surface area contributed by atoms with Crippen LogP contribution in [-0.4, -0.2) is 54.6 Å². The third-order valence-electron chi connectivity index (χ3n) is 4.44. The van der Waals surface area contributed by atoms with E-state index >= 15 is 0 Å². The number of aryl methyl sites for hydroxylation is 1. The Labute approximate surface area is 157 Å². The van der Waals surface area contributed by atoms with Crippen molar-refractivity contribution in [3.8, 4) is 0 Å². The first-order valence-electron chi connectivity index (χ1n) is 9.81. The lowest BCUT2D eigenvalue weighted by atomic mass is 10.0. The van der Waals surface area contributed by atoms with Gasteiger partial charge in [-0.3, -0.25) is 4.99 Å². The highest BCUT2D eigenvalue weighted by atomic mass is 32.1. The van der Waals surface area contributed by atoms with E-state index in [1.165, 1.54) is 42.4 Å². The molecule has 0 unspecified atom stereocenters. The van der Waals surface area contributed by atoms with Gasteiger partial charge in [-0.05, 0) is 32.1 Å². The summed E-state index contributed by atoms with van der Waals surface area (Å²) in [6.07, 6.45) is 6.39. The van der Waals surface area contributed by atoms with Crippen LogP contribution in [0.25, 0.3) is 0 Å². The number of nitrogens with zero attached hydrogens (tertiary/aromatic N) is 3. The molecule has 0 radical (unpaired) electrons. The van der Waals surface area contributed by atoms with Crippen molar-refractivity contribution >= 4 is 17.3 Å². The first-order chi connectivity index (χ1) is 12.1. The molecule has 0 bridgehead atoms. The summed E-state index contributed by atoms with van der Waals surface area (Å²) in [6.45, 7) is 14.2. The molecule has 0 amide bonds. The predicted molar refractivity (Wildman–Crippen MR) is 109 cm³/mol. The lowest BCUT2D eigenvalue weighted by Gasteiger charge is -2.34. The minimum Gasteiger partial charge on any atom is -0.357 e. The molecule has 142 valence electrons. The zero-order chi connectivity index (χ0) is 18.1. The van der Waals surface area contributed by atoms with E-state index in [0.29, 0.717) is 6.04 Å². The Balaban J connectivity index is 1.77. The minimum absolute atomic E-state index is 0.535. The second-order valence-electron chi connectivity index (χ2n) is 7.20. The molecular weight excluding hydrogens is 330 g/mol. The summed E-state index contributed by atoms with van der Waals surface area (Å²) in [5, 5.41) is 8.21. The van der Waals surface area contributed by atoms with Crippen LogP contribution in [0.3, 0.4) is 0 Å². The molecule has 0 aliphatic carbocycles. The summed E-state index contributed by atoms with van der Waals surface area (Å²) in [7, 11) is 0. The molecule has 0 aromatic carbocycles. The fourth-order valence-corrected chi connectivity index (χ4v) is 4.03. The first kappa shape index (κ1) is 20.2. The summed E-state index contributed by atoms with van der Waals surface area (Å²) in [4.78, 5) is 13.2. The number of guanidine groups is 1. The number of thiazole rings is 1. The molecule has 1 saturated heterocycles. The number of likely N-dealkylation sites (tertiary alicyclic amines) is 1. The second-order valence-corrected chi connectivity index (χ2v) is 8.40. The monoisotopic (exact) mass is 365 g/mol. The Morgan fingerprint density at radius 3 is 2.72 bits per heavy atom. The second kappa shape index (κ2) is 10.8. The van der Waals surface area contributed by atoms with Crippen LogP contribution in [-0.2, 0) is 12.8 Å². The van der Waals surface area contributed by atoms with E-state index in [4.69, 9.17) is 4.99 Å². The van der Waals surface area contributed by atoms with Gasteiger partial charge in [-0.2, -0.15) is 0 Å². The van der Waals surface area contributed by atoms with Crippen molar-refractivity contribution in [1.29, 1.82) is 0 Å². The molecular formula is C19H35N5S. The largest absolute Gasteiger partial charge is 0.357 e. The SMILES string of the molecule is CCNC(=NCCc1ncc(CC)s1)NC1CCN(CC(C)C)CC1. The summed E-state index contributed by atoms with van der Waals surface area (Å²) in [5.74, 6) is 1.71. The Bertz CT molecular complexity index is 518. The molecule has 1 aromatic rings. The van der Waals surface area contributed by atoms with Crippen LogP contribution in [0.2, 0.25) is 0 Å². The predicted octanol–water partition coefficient (Wildman–Crippen LogP) is 2.92. The maximum absolute atomic E-state index is 4.75. The maximum atomic E-state index is 4.75. The van der Waals surface area contributed by atoms with Gasteiger partial charge in [-0.25, -0.2) is 4.98 Å². The summed E-state index contributed by atoms with van der Waals surface area (Å²) in [6, 6.07) is 0.535. The van der Waals surface area contributed by atoms with E-state index in [1.54, 1.807) is 0 Å². The lowest BCUT2D eigenvalue weighted by molar-refractivity contribution is 0.187. The number of aromatic nitrogens is 1. The number of piperidine rings is 1. The van der Waals surface area contributed by atoms with Gasteiger partial charge >= 0.3 is 0 Å². The van der Waals surface area contributed by atoms with Gasteiger partial charge in [0.1, 0.15) is 0 Å². The molecule has 5 nitrogen and oxygen atoms in total. The van der Waals surface area contributed by atoms with Crippen molar-refractivity contribution in [2.45, 2.75) is 59.4 Å².